The first-order valence-corrected chi connectivity index (χ1v) is 3.86. The summed E-state index contributed by atoms with van der Waals surface area (Å²) in [6.07, 6.45) is 3.26. The molecule has 1 atom stereocenters. The van der Waals surface area contributed by atoms with Gasteiger partial charge < -0.3 is 4.74 Å². The lowest BCUT2D eigenvalue weighted by molar-refractivity contribution is 0.0606. The number of hydrogen-bond donors (Lipinski definition) is 0. The summed E-state index contributed by atoms with van der Waals surface area (Å²) in [5.41, 5.74) is 0. The molecule has 13 heavy (non-hydrogen) atoms. The van der Waals surface area contributed by atoms with Gasteiger partial charge in [-0.15, -0.1) is 0 Å². The Morgan fingerprint density at radius 3 is 2.69 bits per heavy atom. The van der Waals surface area contributed by atoms with Crippen molar-refractivity contribution in [3.63, 3.8) is 0 Å². The summed E-state index contributed by atoms with van der Waals surface area (Å²) in [5, 5.41) is 0. The van der Waals surface area contributed by atoms with Crippen LogP contribution < -0.4 is 0 Å². The minimum Gasteiger partial charge on any atom is -0.356 e. The maximum atomic E-state index is 9.84. The van der Waals surface area contributed by atoms with E-state index in [1.54, 1.807) is 0 Å². The summed E-state index contributed by atoms with van der Waals surface area (Å²) in [7, 11) is 0. The van der Waals surface area contributed by atoms with Gasteiger partial charge in [-0.25, -0.2) is 14.6 Å². The summed E-state index contributed by atoms with van der Waals surface area (Å²) >= 11 is 0. The molecule has 0 fully saturated rings. The molecule has 0 aromatic heterocycles. The smallest absolute Gasteiger partial charge is 0.237 e. The second kappa shape index (κ2) is 8.81. The highest BCUT2D eigenvalue weighted by atomic mass is 16.5. The van der Waals surface area contributed by atoms with E-state index < -0.39 is 6.23 Å². The van der Waals surface area contributed by atoms with Crippen LogP contribution in [0.4, 0.5) is 0 Å². The Kier molecular flexibility index (Phi) is 7.95. The molecule has 0 aliphatic carbocycles. The van der Waals surface area contributed by atoms with Gasteiger partial charge in [-0.2, -0.15) is 4.99 Å². The molecule has 71 valence electrons. The van der Waals surface area contributed by atoms with E-state index in [-0.39, 0.29) is 0 Å². The van der Waals surface area contributed by atoms with E-state index in [4.69, 9.17) is 4.74 Å². The summed E-state index contributed by atoms with van der Waals surface area (Å²) in [5.74, 6) is 0. The molecule has 0 aliphatic rings. The van der Waals surface area contributed by atoms with Gasteiger partial charge in [0.15, 0.2) is 6.23 Å². The molecule has 0 bridgehead atoms. The highest BCUT2D eigenvalue weighted by Crippen LogP contribution is 1.98. The zero-order valence-corrected chi connectivity index (χ0v) is 7.23. The summed E-state index contributed by atoms with van der Waals surface area (Å²) < 4.78 is 5.10. The van der Waals surface area contributed by atoms with Gasteiger partial charge in [0.2, 0.25) is 12.2 Å². The predicted molar refractivity (Wildman–Crippen MR) is 45.4 cm³/mol. The molecule has 5 nitrogen and oxygen atoms in total. The molecular formula is C8H11N2O3. The monoisotopic (exact) mass is 183 g/mol. The molecule has 5 heteroatoms. The van der Waals surface area contributed by atoms with Crippen LogP contribution in [0.1, 0.15) is 12.8 Å². The van der Waals surface area contributed by atoms with Crippen LogP contribution >= 0.6 is 0 Å². The Hall–Kier alpha value is -1.28. The van der Waals surface area contributed by atoms with Gasteiger partial charge >= 0.3 is 0 Å². The number of carbonyl (C=O) groups excluding carboxylic acids is 2. The zero-order chi connectivity index (χ0) is 9.94. The van der Waals surface area contributed by atoms with Crippen molar-refractivity contribution < 1.29 is 14.3 Å². The fourth-order valence-corrected chi connectivity index (χ4v) is 0.653. The van der Waals surface area contributed by atoms with Crippen molar-refractivity contribution in [3.05, 3.63) is 6.92 Å². The molecular weight excluding hydrogens is 172 g/mol. The third-order valence-electron chi connectivity index (χ3n) is 1.23. The molecule has 0 aliphatic heterocycles. The van der Waals surface area contributed by atoms with E-state index in [2.05, 4.69) is 16.9 Å². The first-order valence-electron chi connectivity index (χ1n) is 3.86. The Morgan fingerprint density at radius 2 is 2.15 bits per heavy atom. The Bertz CT molecular complexity index is 217. The molecule has 0 aromatic carbocycles. The molecule has 1 radical (unpaired) electrons. The Morgan fingerprint density at radius 1 is 1.38 bits per heavy atom. The van der Waals surface area contributed by atoms with Gasteiger partial charge in [-0.05, 0) is 19.8 Å². The van der Waals surface area contributed by atoms with Crippen LogP contribution in [0.3, 0.4) is 0 Å². The lowest BCUT2D eigenvalue weighted by Crippen LogP contribution is -2.10. The zero-order valence-electron chi connectivity index (χ0n) is 7.23. The number of rotatable bonds is 7. The molecule has 0 saturated carbocycles. The predicted octanol–water partition coefficient (Wildman–Crippen LogP) is 0.615. The molecule has 0 saturated heterocycles. The van der Waals surface area contributed by atoms with Crippen LogP contribution in [-0.4, -0.2) is 31.5 Å². The second-order valence-electron chi connectivity index (χ2n) is 2.16. The number of nitrogens with zero attached hydrogens (tertiary/aromatic N) is 2. The van der Waals surface area contributed by atoms with Crippen LogP contribution in [0.5, 0.6) is 0 Å². The van der Waals surface area contributed by atoms with Crippen LogP contribution in [0.25, 0.3) is 0 Å². The molecule has 1 unspecified atom stereocenters. The minimum atomic E-state index is -0.530. The van der Waals surface area contributed by atoms with E-state index in [1.165, 1.54) is 12.2 Å². The quantitative estimate of drug-likeness (QED) is 0.330. The fourth-order valence-electron chi connectivity index (χ4n) is 0.653. The van der Waals surface area contributed by atoms with E-state index in [1.807, 2.05) is 0 Å². The highest BCUT2D eigenvalue weighted by Gasteiger charge is 2.01. The number of isocyanates is 2. The highest BCUT2D eigenvalue weighted by molar-refractivity contribution is 5.33. The molecule has 0 heterocycles. The minimum absolute atomic E-state index is 0.373. The van der Waals surface area contributed by atoms with Gasteiger partial charge in [0.05, 0.1) is 13.2 Å². The van der Waals surface area contributed by atoms with E-state index >= 15 is 0 Å². The third-order valence-corrected chi connectivity index (χ3v) is 1.23. The van der Waals surface area contributed by atoms with Crippen molar-refractivity contribution in [2.45, 2.75) is 19.1 Å². The van der Waals surface area contributed by atoms with Gasteiger partial charge in [0.1, 0.15) is 0 Å². The molecule has 0 aromatic rings. The SMILES string of the molecule is [CH2]CC(N=C=O)OCCCN=C=O. The van der Waals surface area contributed by atoms with Crippen LogP contribution in [0.2, 0.25) is 0 Å². The fraction of sp³-hybridized carbons (Fsp3) is 0.625. The largest absolute Gasteiger partial charge is 0.356 e. The van der Waals surface area contributed by atoms with Gasteiger partial charge in [0.25, 0.3) is 0 Å². The molecule has 0 N–H and O–H groups in total. The van der Waals surface area contributed by atoms with Gasteiger partial charge in [-0.1, -0.05) is 0 Å². The van der Waals surface area contributed by atoms with Crippen LogP contribution in [0.15, 0.2) is 9.98 Å². The van der Waals surface area contributed by atoms with Gasteiger partial charge in [0, 0.05) is 0 Å². The van der Waals surface area contributed by atoms with Crippen LogP contribution in [-0.2, 0) is 14.3 Å². The average Bonchev–Trinajstić information content (AvgIpc) is 2.16. The van der Waals surface area contributed by atoms with Gasteiger partial charge in [-0.3, -0.25) is 0 Å². The van der Waals surface area contributed by atoms with E-state index in [0.717, 1.165) is 0 Å². The number of ether oxygens (including phenoxy) is 1. The summed E-state index contributed by atoms with van der Waals surface area (Å²) in [6.45, 7) is 4.29. The number of hydrogen-bond acceptors (Lipinski definition) is 5. The average molecular weight is 183 g/mol. The maximum Gasteiger partial charge on any atom is 0.237 e. The van der Waals surface area contributed by atoms with Crippen molar-refractivity contribution >= 4 is 12.2 Å². The lowest BCUT2D eigenvalue weighted by Gasteiger charge is -2.07. The Balaban J connectivity index is 3.48. The van der Waals surface area contributed by atoms with E-state index in [0.29, 0.717) is 26.0 Å². The third kappa shape index (κ3) is 7.09. The Labute approximate surface area is 76.5 Å². The van der Waals surface area contributed by atoms with Crippen molar-refractivity contribution in [1.29, 1.82) is 0 Å². The molecule has 0 spiro atoms. The standard InChI is InChI=1S/C8H11N2O3/c1-2-8(10-7-12)13-5-3-4-9-6-11/h8H,1-5H2. The first kappa shape index (κ1) is 11.7. The van der Waals surface area contributed by atoms with Crippen LogP contribution in [0, 0.1) is 6.92 Å². The molecule has 0 amide bonds. The van der Waals surface area contributed by atoms with E-state index in [9.17, 15) is 9.59 Å². The first-order chi connectivity index (χ1) is 6.35. The summed E-state index contributed by atoms with van der Waals surface area (Å²) in [4.78, 5) is 26.2. The maximum absolute atomic E-state index is 9.84. The van der Waals surface area contributed by atoms with Crippen molar-refractivity contribution in [2.24, 2.45) is 9.98 Å². The number of aliphatic imine (C=N–C) groups is 2. The van der Waals surface area contributed by atoms with Crippen molar-refractivity contribution in [1.82, 2.24) is 0 Å². The summed E-state index contributed by atoms with van der Waals surface area (Å²) in [6, 6.07) is 0. The normalized spacial score (nSPS) is 11.2. The van der Waals surface area contributed by atoms with Crippen molar-refractivity contribution in [3.8, 4) is 0 Å². The molecule has 0 rings (SSSR count). The van der Waals surface area contributed by atoms with Crippen molar-refractivity contribution in [2.75, 3.05) is 13.2 Å². The second-order valence-corrected chi connectivity index (χ2v) is 2.16. The lowest BCUT2D eigenvalue weighted by atomic mass is 10.4. The topological polar surface area (TPSA) is 68.1 Å².